The Bertz CT molecular complexity index is 994. The molecule has 0 aliphatic rings. The van der Waals surface area contributed by atoms with Gasteiger partial charge in [0.25, 0.3) is 0 Å². The second kappa shape index (κ2) is 15.2. The zero-order chi connectivity index (χ0) is 23.8. The third-order valence-electron chi connectivity index (χ3n) is 6.17. The summed E-state index contributed by atoms with van der Waals surface area (Å²) in [6.45, 7) is 5.71. The Kier molecular flexibility index (Phi) is 11.5. The minimum absolute atomic E-state index is 0.669. The van der Waals surface area contributed by atoms with Crippen molar-refractivity contribution >= 4 is 22.7 Å². The second-order valence-electron chi connectivity index (χ2n) is 8.91. The number of fused-ring (bicyclic) bond motifs is 1. The molecule has 34 heavy (non-hydrogen) atoms. The second-order valence-corrected chi connectivity index (χ2v) is 8.91. The van der Waals surface area contributed by atoms with Crippen molar-refractivity contribution in [2.45, 2.75) is 78.1 Å². The normalized spacial score (nSPS) is 11.4. The number of rotatable bonds is 16. The van der Waals surface area contributed by atoms with Gasteiger partial charge in [0.2, 0.25) is 0 Å². The maximum absolute atomic E-state index is 6.19. The maximum Gasteiger partial charge on any atom is 0.127 e. The summed E-state index contributed by atoms with van der Waals surface area (Å²) in [5, 5.41) is 2.31. The molecule has 0 unspecified atom stereocenters. The van der Waals surface area contributed by atoms with Gasteiger partial charge in [-0.1, -0.05) is 89.0 Å². The van der Waals surface area contributed by atoms with Crippen molar-refractivity contribution in [3.8, 4) is 11.5 Å². The van der Waals surface area contributed by atoms with E-state index in [-0.39, 0.29) is 0 Å². The lowest BCUT2D eigenvalue weighted by Crippen LogP contribution is -1.99. The number of unbranched alkanes of at least 4 members (excludes halogenated alkanes) is 9. The van der Waals surface area contributed by atoms with Crippen molar-refractivity contribution in [1.29, 1.82) is 0 Å². The average molecular weight is 460 g/mol. The topological polar surface area (TPSA) is 30.8 Å². The van der Waals surface area contributed by atoms with Crippen molar-refractivity contribution in [1.82, 2.24) is 0 Å². The predicted octanol–water partition coefficient (Wildman–Crippen LogP) is 9.29. The van der Waals surface area contributed by atoms with E-state index in [1.807, 2.05) is 37.4 Å². The predicted molar refractivity (Wildman–Crippen MR) is 146 cm³/mol. The first-order valence-corrected chi connectivity index (χ1v) is 13.2. The monoisotopic (exact) mass is 459 g/mol. The lowest BCUT2D eigenvalue weighted by atomic mass is 10.0. The molecule has 0 radical (unpaired) electrons. The molecule has 3 rings (SSSR count). The molecule has 0 heterocycles. The summed E-state index contributed by atoms with van der Waals surface area (Å²) in [4.78, 5) is 4.67. The van der Waals surface area contributed by atoms with Crippen molar-refractivity contribution in [2.75, 3.05) is 13.2 Å². The highest BCUT2D eigenvalue weighted by atomic mass is 16.5. The maximum atomic E-state index is 6.19. The summed E-state index contributed by atoms with van der Waals surface area (Å²) < 4.78 is 11.7. The number of nitrogens with zero attached hydrogens (tertiary/aromatic N) is 1. The van der Waals surface area contributed by atoms with Gasteiger partial charge in [-0.15, -0.1) is 0 Å². The van der Waals surface area contributed by atoms with Crippen LogP contribution in [0.3, 0.4) is 0 Å². The molecule has 0 N–H and O–H groups in total. The van der Waals surface area contributed by atoms with Crippen molar-refractivity contribution < 1.29 is 9.47 Å². The van der Waals surface area contributed by atoms with Crippen molar-refractivity contribution in [2.24, 2.45) is 4.99 Å². The summed E-state index contributed by atoms with van der Waals surface area (Å²) in [6.07, 6.45) is 15.3. The first-order valence-electron chi connectivity index (χ1n) is 13.2. The number of benzene rings is 3. The van der Waals surface area contributed by atoms with Gasteiger partial charge in [0.15, 0.2) is 0 Å². The molecule has 0 amide bonds. The smallest absolute Gasteiger partial charge is 0.127 e. The van der Waals surface area contributed by atoms with Crippen molar-refractivity contribution in [3.63, 3.8) is 0 Å². The molecule has 3 aromatic carbocycles. The lowest BCUT2D eigenvalue weighted by Gasteiger charge is -2.11. The van der Waals surface area contributed by atoms with Crippen molar-refractivity contribution in [3.05, 3.63) is 66.2 Å². The fraction of sp³-hybridized carbons (Fsp3) is 0.452. The molecule has 0 atom stereocenters. The van der Waals surface area contributed by atoms with Gasteiger partial charge in [-0.05, 0) is 55.1 Å². The van der Waals surface area contributed by atoms with Gasteiger partial charge in [0.1, 0.15) is 11.5 Å². The third kappa shape index (κ3) is 8.52. The van der Waals surface area contributed by atoms with Crippen LogP contribution in [0.1, 0.15) is 83.6 Å². The van der Waals surface area contributed by atoms with Gasteiger partial charge in [-0.25, -0.2) is 0 Å². The summed E-state index contributed by atoms with van der Waals surface area (Å²) >= 11 is 0. The van der Waals surface area contributed by atoms with E-state index in [0.717, 1.165) is 46.6 Å². The molecule has 0 spiro atoms. The molecule has 3 heteroatoms. The molecule has 0 fully saturated rings. The Hall–Kier alpha value is -2.81. The highest BCUT2D eigenvalue weighted by Crippen LogP contribution is 2.29. The highest BCUT2D eigenvalue weighted by Gasteiger charge is 2.06. The molecule has 0 saturated carbocycles. The summed E-state index contributed by atoms with van der Waals surface area (Å²) in [5.74, 6) is 1.83. The molecule has 0 saturated heterocycles. The Morgan fingerprint density at radius 2 is 1.29 bits per heavy atom. The molecule has 3 aromatic rings. The molecular weight excluding hydrogens is 418 g/mol. The van der Waals surface area contributed by atoms with Gasteiger partial charge in [0, 0.05) is 17.2 Å². The lowest BCUT2D eigenvalue weighted by molar-refractivity contribution is 0.307. The molecule has 0 aromatic heterocycles. The highest BCUT2D eigenvalue weighted by molar-refractivity contribution is 6.02. The Morgan fingerprint density at radius 3 is 1.97 bits per heavy atom. The third-order valence-corrected chi connectivity index (χ3v) is 6.17. The number of hydrogen-bond donors (Lipinski definition) is 0. The van der Waals surface area contributed by atoms with E-state index in [2.05, 4.69) is 48.3 Å². The van der Waals surface area contributed by atoms with Gasteiger partial charge < -0.3 is 9.47 Å². The van der Waals surface area contributed by atoms with E-state index in [4.69, 9.17) is 9.47 Å². The molecular formula is C31H41NO2. The van der Waals surface area contributed by atoms with Gasteiger partial charge in [-0.2, -0.15) is 0 Å². The van der Waals surface area contributed by atoms with E-state index in [1.165, 1.54) is 57.8 Å². The fourth-order valence-corrected chi connectivity index (χ4v) is 4.24. The van der Waals surface area contributed by atoms with Crippen LogP contribution in [0.15, 0.2) is 65.7 Å². The summed E-state index contributed by atoms with van der Waals surface area (Å²) in [7, 11) is 0. The van der Waals surface area contributed by atoms with Crippen LogP contribution in [-0.4, -0.2) is 19.4 Å². The average Bonchev–Trinajstić information content (AvgIpc) is 2.87. The molecule has 3 nitrogen and oxygen atoms in total. The van der Waals surface area contributed by atoms with E-state index in [1.54, 1.807) is 0 Å². The van der Waals surface area contributed by atoms with E-state index in [0.29, 0.717) is 6.61 Å². The van der Waals surface area contributed by atoms with Crippen LogP contribution in [0.25, 0.3) is 10.8 Å². The van der Waals surface area contributed by atoms with E-state index >= 15 is 0 Å². The van der Waals surface area contributed by atoms with Crippen LogP contribution in [0.5, 0.6) is 11.5 Å². The standard InChI is InChI=1S/C31H41NO2/c1-3-5-6-7-8-9-10-11-12-15-24-34-31-23-18-26(29-16-13-14-17-30(29)31)25-32-27-19-21-28(22-20-27)33-4-2/h13-14,16-23,25H,3-12,15,24H2,1-2H3. The first kappa shape index (κ1) is 25.8. The van der Waals surface area contributed by atoms with Crippen LogP contribution in [0.2, 0.25) is 0 Å². The minimum atomic E-state index is 0.669. The van der Waals surface area contributed by atoms with Gasteiger partial charge in [-0.3, -0.25) is 4.99 Å². The largest absolute Gasteiger partial charge is 0.494 e. The zero-order valence-electron chi connectivity index (χ0n) is 21.1. The van der Waals surface area contributed by atoms with Gasteiger partial charge >= 0.3 is 0 Å². The molecule has 0 aliphatic heterocycles. The Labute approximate surface area is 206 Å². The Morgan fingerprint density at radius 1 is 0.647 bits per heavy atom. The summed E-state index contributed by atoms with van der Waals surface area (Å²) in [5.41, 5.74) is 2.00. The number of hydrogen-bond acceptors (Lipinski definition) is 3. The van der Waals surface area contributed by atoms with Crippen LogP contribution in [0.4, 0.5) is 5.69 Å². The van der Waals surface area contributed by atoms with Gasteiger partial charge in [0.05, 0.1) is 18.9 Å². The first-order chi connectivity index (χ1) is 16.8. The SMILES string of the molecule is CCCCCCCCCCCCOc1ccc(C=Nc2ccc(OCC)cc2)c2ccccc12. The van der Waals surface area contributed by atoms with Crippen LogP contribution in [0, 0.1) is 0 Å². The summed E-state index contributed by atoms with van der Waals surface area (Å²) in [6, 6.07) is 20.5. The van der Waals surface area contributed by atoms with E-state index < -0.39 is 0 Å². The molecule has 0 aliphatic carbocycles. The zero-order valence-corrected chi connectivity index (χ0v) is 21.1. The quantitative estimate of drug-likeness (QED) is 0.158. The molecule has 182 valence electrons. The number of ether oxygens (including phenoxy) is 2. The minimum Gasteiger partial charge on any atom is -0.494 e. The van der Waals surface area contributed by atoms with E-state index in [9.17, 15) is 0 Å². The number of aliphatic imine (C=N–C) groups is 1. The van der Waals surface area contributed by atoms with Crippen LogP contribution < -0.4 is 9.47 Å². The molecule has 0 bridgehead atoms. The fourth-order valence-electron chi connectivity index (χ4n) is 4.24. The van der Waals surface area contributed by atoms with Crippen LogP contribution >= 0.6 is 0 Å². The van der Waals surface area contributed by atoms with Crippen LogP contribution in [-0.2, 0) is 0 Å². The Balaban J connectivity index is 1.48.